The van der Waals surface area contributed by atoms with Crippen LogP contribution in [0.3, 0.4) is 0 Å². The number of aryl methyl sites for hydroxylation is 2. The number of nitrogens with zero attached hydrogens (tertiary/aromatic N) is 1. The highest BCUT2D eigenvalue weighted by Crippen LogP contribution is 2.25. The van der Waals surface area contributed by atoms with Gasteiger partial charge in [0.05, 0.1) is 18.0 Å². The summed E-state index contributed by atoms with van der Waals surface area (Å²) in [6.07, 6.45) is 0. The van der Waals surface area contributed by atoms with Crippen molar-refractivity contribution in [3.63, 3.8) is 0 Å². The summed E-state index contributed by atoms with van der Waals surface area (Å²) in [5.74, 6) is -0.376. The number of ether oxygens (including phenoxy) is 1. The molecule has 0 saturated heterocycles. The van der Waals surface area contributed by atoms with E-state index in [4.69, 9.17) is 16.3 Å². The van der Waals surface area contributed by atoms with Gasteiger partial charge in [-0.1, -0.05) is 11.6 Å². The molecular formula is C16H18Cl2N2O2. The van der Waals surface area contributed by atoms with Crippen LogP contribution < -0.4 is 5.32 Å². The molecule has 118 valence electrons. The van der Waals surface area contributed by atoms with Gasteiger partial charge in [-0.3, -0.25) is 4.98 Å². The normalized spacial score (nSPS) is 9.82. The first-order valence-electron chi connectivity index (χ1n) is 6.69. The molecule has 0 aliphatic rings. The van der Waals surface area contributed by atoms with Crippen LogP contribution in [0, 0.1) is 13.8 Å². The number of halogens is 2. The highest BCUT2D eigenvalue weighted by atomic mass is 35.5. The summed E-state index contributed by atoms with van der Waals surface area (Å²) in [5, 5.41) is 3.88. The highest BCUT2D eigenvalue weighted by molar-refractivity contribution is 6.30. The quantitative estimate of drug-likeness (QED) is 0.820. The Morgan fingerprint density at radius 1 is 1.27 bits per heavy atom. The average Bonchev–Trinajstić information content (AvgIpc) is 2.41. The van der Waals surface area contributed by atoms with Crippen LogP contribution in [0.25, 0.3) is 0 Å². The van der Waals surface area contributed by atoms with Crippen LogP contribution in [0.2, 0.25) is 5.02 Å². The van der Waals surface area contributed by atoms with E-state index in [1.165, 1.54) is 0 Å². The zero-order valence-electron chi connectivity index (χ0n) is 12.6. The van der Waals surface area contributed by atoms with Crippen LogP contribution in [0.15, 0.2) is 30.3 Å². The van der Waals surface area contributed by atoms with Gasteiger partial charge in [0.1, 0.15) is 5.56 Å². The summed E-state index contributed by atoms with van der Waals surface area (Å²) in [5.41, 5.74) is 3.45. The molecule has 0 aliphatic heterocycles. The lowest BCUT2D eigenvalue weighted by atomic mass is 10.1. The minimum atomic E-state index is -0.376. The molecule has 0 bridgehead atoms. The maximum Gasteiger partial charge on any atom is 0.342 e. The van der Waals surface area contributed by atoms with E-state index in [2.05, 4.69) is 10.3 Å². The molecule has 6 heteroatoms. The first kappa shape index (κ1) is 18.3. The van der Waals surface area contributed by atoms with Gasteiger partial charge in [0.25, 0.3) is 0 Å². The molecule has 0 amide bonds. The second kappa shape index (κ2) is 8.01. The van der Waals surface area contributed by atoms with Crippen LogP contribution in [-0.2, 0) is 4.74 Å². The topological polar surface area (TPSA) is 51.2 Å². The zero-order valence-corrected chi connectivity index (χ0v) is 14.2. The molecule has 1 N–H and O–H groups in total. The first-order valence-corrected chi connectivity index (χ1v) is 7.07. The Hall–Kier alpha value is -1.78. The van der Waals surface area contributed by atoms with E-state index in [9.17, 15) is 4.79 Å². The van der Waals surface area contributed by atoms with E-state index in [1.54, 1.807) is 26.0 Å². The number of hydrogen-bond acceptors (Lipinski definition) is 4. The minimum absolute atomic E-state index is 0. The average molecular weight is 341 g/mol. The number of rotatable bonds is 4. The molecule has 2 rings (SSSR count). The van der Waals surface area contributed by atoms with Crippen molar-refractivity contribution in [2.75, 3.05) is 11.9 Å². The fraction of sp³-hybridized carbons (Fsp3) is 0.250. The number of carbonyl (C=O) groups excluding carboxylic acids is 1. The van der Waals surface area contributed by atoms with Gasteiger partial charge in [-0.2, -0.15) is 0 Å². The van der Waals surface area contributed by atoms with Crippen molar-refractivity contribution in [3.8, 4) is 0 Å². The van der Waals surface area contributed by atoms with Crippen molar-refractivity contribution >= 4 is 41.4 Å². The Morgan fingerprint density at radius 3 is 2.50 bits per heavy atom. The third-order valence-corrected chi connectivity index (χ3v) is 3.18. The molecular weight excluding hydrogens is 323 g/mol. The number of hydrogen-bond donors (Lipinski definition) is 1. The maximum absolute atomic E-state index is 12.1. The van der Waals surface area contributed by atoms with Gasteiger partial charge in [0.15, 0.2) is 0 Å². The lowest BCUT2D eigenvalue weighted by molar-refractivity contribution is 0.0526. The number of nitrogens with one attached hydrogen (secondary N) is 1. The minimum Gasteiger partial charge on any atom is -0.462 e. The number of anilines is 2. The van der Waals surface area contributed by atoms with Gasteiger partial charge in [-0.25, -0.2) is 4.79 Å². The first-order chi connectivity index (χ1) is 10.0. The monoisotopic (exact) mass is 340 g/mol. The van der Waals surface area contributed by atoms with Crippen LogP contribution in [0.5, 0.6) is 0 Å². The van der Waals surface area contributed by atoms with E-state index in [-0.39, 0.29) is 18.4 Å². The predicted molar refractivity (Wildman–Crippen MR) is 91.7 cm³/mol. The van der Waals surface area contributed by atoms with Crippen molar-refractivity contribution in [1.29, 1.82) is 0 Å². The number of carbonyl (C=O) groups is 1. The molecule has 2 aromatic rings. The molecule has 0 radical (unpaired) electrons. The molecule has 1 heterocycles. The molecule has 1 aromatic heterocycles. The smallest absolute Gasteiger partial charge is 0.342 e. The number of esters is 1. The molecule has 0 unspecified atom stereocenters. The standard InChI is InChI=1S/C16H17ClN2O2.ClH/c1-4-21-16(20)15-11(3)18-10(2)9-14(15)19-13-7-5-12(17)6-8-13;/h5-9H,4H2,1-3H3,(H,18,19);1H. The summed E-state index contributed by atoms with van der Waals surface area (Å²) in [7, 11) is 0. The molecule has 4 nitrogen and oxygen atoms in total. The summed E-state index contributed by atoms with van der Waals surface area (Å²) >= 11 is 5.88. The maximum atomic E-state index is 12.1. The van der Waals surface area contributed by atoms with Crippen LogP contribution in [0.1, 0.15) is 28.7 Å². The van der Waals surface area contributed by atoms with E-state index in [0.717, 1.165) is 11.4 Å². The molecule has 0 atom stereocenters. The van der Waals surface area contributed by atoms with Gasteiger partial charge < -0.3 is 10.1 Å². The number of aromatic nitrogens is 1. The van der Waals surface area contributed by atoms with E-state index in [0.29, 0.717) is 28.6 Å². The lowest BCUT2D eigenvalue weighted by Crippen LogP contribution is -2.12. The summed E-state index contributed by atoms with van der Waals surface area (Å²) in [4.78, 5) is 16.4. The largest absolute Gasteiger partial charge is 0.462 e. The van der Waals surface area contributed by atoms with E-state index < -0.39 is 0 Å². The molecule has 0 aliphatic carbocycles. The van der Waals surface area contributed by atoms with E-state index in [1.807, 2.05) is 25.1 Å². The van der Waals surface area contributed by atoms with Crippen molar-refractivity contribution in [1.82, 2.24) is 4.98 Å². The zero-order chi connectivity index (χ0) is 15.4. The predicted octanol–water partition coefficient (Wildman–Crippen LogP) is 4.69. The fourth-order valence-electron chi connectivity index (χ4n) is 2.08. The van der Waals surface area contributed by atoms with Crippen molar-refractivity contribution in [2.24, 2.45) is 0 Å². The van der Waals surface area contributed by atoms with Crippen molar-refractivity contribution in [3.05, 3.63) is 52.3 Å². The highest BCUT2D eigenvalue weighted by Gasteiger charge is 2.17. The molecule has 1 aromatic carbocycles. The molecule has 0 saturated carbocycles. The van der Waals surface area contributed by atoms with Crippen LogP contribution >= 0.6 is 24.0 Å². The molecule has 22 heavy (non-hydrogen) atoms. The molecule has 0 spiro atoms. The van der Waals surface area contributed by atoms with Gasteiger partial charge in [0.2, 0.25) is 0 Å². The van der Waals surface area contributed by atoms with Crippen molar-refractivity contribution in [2.45, 2.75) is 20.8 Å². The second-order valence-electron chi connectivity index (χ2n) is 4.62. The molecule has 0 fully saturated rings. The lowest BCUT2D eigenvalue weighted by Gasteiger charge is -2.14. The summed E-state index contributed by atoms with van der Waals surface area (Å²) in [6.45, 7) is 5.79. The Morgan fingerprint density at radius 2 is 1.91 bits per heavy atom. The van der Waals surface area contributed by atoms with Gasteiger partial charge >= 0.3 is 5.97 Å². The van der Waals surface area contributed by atoms with Gasteiger partial charge in [-0.05, 0) is 51.1 Å². The number of pyridine rings is 1. The second-order valence-corrected chi connectivity index (χ2v) is 5.06. The Labute approximate surface area is 141 Å². The fourth-order valence-corrected chi connectivity index (χ4v) is 2.20. The SMILES string of the molecule is CCOC(=O)c1c(Nc2ccc(Cl)cc2)cc(C)nc1C.Cl. The Balaban J connectivity index is 0.00000242. The summed E-state index contributed by atoms with van der Waals surface area (Å²) in [6, 6.07) is 9.10. The Bertz CT molecular complexity index is 658. The van der Waals surface area contributed by atoms with E-state index >= 15 is 0 Å². The van der Waals surface area contributed by atoms with Gasteiger partial charge in [0, 0.05) is 16.4 Å². The summed E-state index contributed by atoms with van der Waals surface area (Å²) < 4.78 is 5.11. The van der Waals surface area contributed by atoms with Crippen molar-refractivity contribution < 1.29 is 9.53 Å². The van der Waals surface area contributed by atoms with Crippen LogP contribution in [0.4, 0.5) is 11.4 Å². The Kier molecular flexibility index (Phi) is 6.65. The van der Waals surface area contributed by atoms with Gasteiger partial charge in [-0.15, -0.1) is 12.4 Å². The third-order valence-electron chi connectivity index (χ3n) is 2.93. The van der Waals surface area contributed by atoms with Crippen LogP contribution in [-0.4, -0.2) is 17.6 Å². The third kappa shape index (κ3) is 4.36. The number of benzene rings is 1.